The van der Waals surface area contributed by atoms with Crippen LogP contribution in [0, 0.1) is 0 Å². The number of nitrogens with two attached hydrogens (primary N) is 1. The van der Waals surface area contributed by atoms with Crippen molar-refractivity contribution in [2.45, 2.75) is 32.7 Å². The minimum atomic E-state index is -0.489. The summed E-state index contributed by atoms with van der Waals surface area (Å²) in [5.41, 5.74) is 4.89. The molecule has 0 aromatic heterocycles. The number of amides is 2. The Kier molecular flexibility index (Phi) is 9.37. The van der Waals surface area contributed by atoms with Crippen LogP contribution in [0.1, 0.15) is 26.7 Å². The minimum Gasteiger partial charge on any atom is -0.370 e. The number of primary amides is 1. The molecule has 2 amide bonds. The molecule has 0 aromatic carbocycles. The predicted octanol–water partition coefficient (Wildman–Crippen LogP) is -0.617. The van der Waals surface area contributed by atoms with Crippen LogP contribution in [0.4, 0.5) is 0 Å². The lowest BCUT2D eigenvalue weighted by Crippen LogP contribution is -2.40. The normalized spacial score (nSPS) is 10.5. The fourth-order valence-corrected chi connectivity index (χ4v) is 1.29. The molecule has 6 heteroatoms. The first-order chi connectivity index (χ1) is 8.10. The Morgan fingerprint density at radius 1 is 1.29 bits per heavy atom. The maximum Gasteiger partial charge on any atom is 0.243 e. The topological polar surface area (TPSA) is 93.4 Å². The molecule has 0 saturated heterocycles. The first-order valence-corrected chi connectivity index (χ1v) is 5.96. The summed E-state index contributed by atoms with van der Waals surface area (Å²) < 4.78 is 4.93. The van der Waals surface area contributed by atoms with E-state index in [-0.39, 0.29) is 25.1 Å². The summed E-state index contributed by atoms with van der Waals surface area (Å²) in [7, 11) is 0. The van der Waals surface area contributed by atoms with Gasteiger partial charge in [-0.25, -0.2) is 0 Å². The SMILES string of the molecule is CCC(CC)NC(=O)CNCCOCC(N)=O. The van der Waals surface area contributed by atoms with E-state index in [4.69, 9.17) is 10.5 Å². The summed E-state index contributed by atoms with van der Waals surface area (Å²) in [6.45, 7) is 5.14. The largest absolute Gasteiger partial charge is 0.370 e. The maximum absolute atomic E-state index is 11.4. The molecule has 0 radical (unpaired) electrons. The molecular weight excluding hydrogens is 222 g/mol. The van der Waals surface area contributed by atoms with Gasteiger partial charge in [-0.05, 0) is 12.8 Å². The molecule has 100 valence electrons. The number of hydrogen-bond donors (Lipinski definition) is 3. The van der Waals surface area contributed by atoms with E-state index in [1.807, 2.05) is 13.8 Å². The van der Waals surface area contributed by atoms with Crippen molar-refractivity contribution in [1.82, 2.24) is 10.6 Å². The second-order valence-corrected chi connectivity index (χ2v) is 3.78. The van der Waals surface area contributed by atoms with Gasteiger partial charge in [0.05, 0.1) is 13.2 Å². The van der Waals surface area contributed by atoms with Crippen molar-refractivity contribution in [3.05, 3.63) is 0 Å². The van der Waals surface area contributed by atoms with Crippen LogP contribution in [0.2, 0.25) is 0 Å². The first-order valence-electron chi connectivity index (χ1n) is 5.96. The van der Waals surface area contributed by atoms with E-state index < -0.39 is 5.91 Å². The Balaban J connectivity index is 3.42. The quantitative estimate of drug-likeness (QED) is 0.447. The highest BCUT2D eigenvalue weighted by atomic mass is 16.5. The number of hydrogen-bond acceptors (Lipinski definition) is 4. The van der Waals surface area contributed by atoms with Gasteiger partial charge < -0.3 is 21.1 Å². The molecule has 6 nitrogen and oxygen atoms in total. The van der Waals surface area contributed by atoms with Crippen molar-refractivity contribution < 1.29 is 14.3 Å². The van der Waals surface area contributed by atoms with Gasteiger partial charge in [-0.2, -0.15) is 0 Å². The van der Waals surface area contributed by atoms with E-state index in [0.29, 0.717) is 13.2 Å². The first kappa shape index (κ1) is 15.9. The summed E-state index contributed by atoms with van der Waals surface area (Å²) in [5.74, 6) is -0.509. The van der Waals surface area contributed by atoms with Gasteiger partial charge in [-0.1, -0.05) is 13.8 Å². The summed E-state index contributed by atoms with van der Waals surface area (Å²) in [6, 6.07) is 0.246. The summed E-state index contributed by atoms with van der Waals surface area (Å²) >= 11 is 0. The van der Waals surface area contributed by atoms with Crippen molar-refractivity contribution in [2.75, 3.05) is 26.3 Å². The van der Waals surface area contributed by atoms with Crippen LogP contribution in [0.25, 0.3) is 0 Å². The van der Waals surface area contributed by atoms with Crippen LogP contribution in [-0.4, -0.2) is 44.2 Å². The molecule has 0 spiro atoms. The number of carbonyl (C=O) groups is 2. The number of ether oxygens (including phenoxy) is 1. The Bertz CT molecular complexity index is 230. The van der Waals surface area contributed by atoms with Crippen LogP contribution in [0.15, 0.2) is 0 Å². The third-order valence-electron chi connectivity index (χ3n) is 2.30. The Morgan fingerprint density at radius 3 is 2.47 bits per heavy atom. The summed E-state index contributed by atoms with van der Waals surface area (Å²) in [4.78, 5) is 21.8. The van der Waals surface area contributed by atoms with Crippen LogP contribution in [-0.2, 0) is 14.3 Å². The van der Waals surface area contributed by atoms with Crippen molar-refractivity contribution >= 4 is 11.8 Å². The van der Waals surface area contributed by atoms with Crippen molar-refractivity contribution in [2.24, 2.45) is 5.73 Å². The monoisotopic (exact) mass is 245 g/mol. The second-order valence-electron chi connectivity index (χ2n) is 3.78. The Morgan fingerprint density at radius 2 is 1.94 bits per heavy atom. The molecule has 0 saturated carbocycles. The van der Waals surface area contributed by atoms with E-state index in [0.717, 1.165) is 12.8 Å². The highest BCUT2D eigenvalue weighted by molar-refractivity contribution is 5.78. The number of carbonyl (C=O) groups excluding carboxylic acids is 2. The van der Waals surface area contributed by atoms with Gasteiger partial charge in [-0.15, -0.1) is 0 Å². The van der Waals surface area contributed by atoms with Crippen LogP contribution >= 0.6 is 0 Å². The zero-order valence-corrected chi connectivity index (χ0v) is 10.6. The van der Waals surface area contributed by atoms with Gasteiger partial charge in [0.25, 0.3) is 0 Å². The third kappa shape index (κ3) is 9.77. The Labute approximate surface area is 102 Å². The number of rotatable bonds is 10. The summed E-state index contributed by atoms with van der Waals surface area (Å²) in [5, 5.41) is 5.83. The van der Waals surface area contributed by atoms with Gasteiger partial charge in [0.2, 0.25) is 11.8 Å². The fourth-order valence-electron chi connectivity index (χ4n) is 1.29. The molecule has 0 aliphatic carbocycles. The van der Waals surface area contributed by atoms with E-state index >= 15 is 0 Å². The lowest BCUT2D eigenvalue weighted by Gasteiger charge is -2.14. The lowest BCUT2D eigenvalue weighted by atomic mass is 10.2. The fraction of sp³-hybridized carbons (Fsp3) is 0.818. The highest BCUT2D eigenvalue weighted by Gasteiger charge is 2.07. The molecule has 0 heterocycles. The second kappa shape index (κ2) is 10.0. The predicted molar refractivity (Wildman–Crippen MR) is 65.4 cm³/mol. The zero-order valence-electron chi connectivity index (χ0n) is 10.6. The molecular formula is C11H23N3O3. The molecule has 0 aliphatic heterocycles. The lowest BCUT2D eigenvalue weighted by molar-refractivity contribution is -0.123. The van der Waals surface area contributed by atoms with Crippen molar-refractivity contribution in [1.29, 1.82) is 0 Å². The van der Waals surface area contributed by atoms with Gasteiger partial charge in [0.15, 0.2) is 0 Å². The number of nitrogens with one attached hydrogen (secondary N) is 2. The molecule has 0 bridgehead atoms. The molecule has 0 rings (SSSR count). The highest BCUT2D eigenvalue weighted by Crippen LogP contribution is 1.94. The molecule has 0 atom stereocenters. The smallest absolute Gasteiger partial charge is 0.243 e. The van der Waals surface area contributed by atoms with Crippen molar-refractivity contribution in [3.8, 4) is 0 Å². The molecule has 0 fully saturated rings. The molecule has 17 heavy (non-hydrogen) atoms. The summed E-state index contributed by atoms with van der Waals surface area (Å²) in [6.07, 6.45) is 1.87. The average molecular weight is 245 g/mol. The zero-order chi connectivity index (χ0) is 13.1. The van der Waals surface area contributed by atoms with Crippen LogP contribution in [0.3, 0.4) is 0 Å². The average Bonchev–Trinajstić information content (AvgIpc) is 2.30. The molecule has 0 aromatic rings. The molecule has 4 N–H and O–H groups in total. The third-order valence-corrected chi connectivity index (χ3v) is 2.30. The van der Waals surface area contributed by atoms with E-state index in [1.54, 1.807) is 0 Å². The minimum absolute atomic E-state index is 0.0198. The van der Waals surface area contributed by atoms with Crippen LogP contribution < -0.4 is 16.4 Å². The standard InChI is InChI=1S/C11H23N3O3/c1-3-9(4-2)14-11(16)7-13-5-6-17-8-10(12)15/h9,13H,3-8H2,1-2H3,(H2,12,15)(H,14,16). The van der Waals surface area contributed by atoms with E-state index in [2.05, 4.69) is 10.6 Å². The molecule has 0 unspecified atom stereocenters. The Hall–Kier alpha value is -1.14. The maximum atomic E-state index is 11.4. The van der Waals surface area contributed by atoms with E-state index in [9.17, 15) is 9.59 Å². The van der Waals surface area contributed by atoms with Crippen molar-refractivity contribution in [3.63, 3.8) is 0 Å². The van der Waals surface area contributed by atoms with Gasteiger partial charge in [0.1, 0.15) is 6.61 Å². The van der Waals surface area contributed by atoms with Gasteiger partial charge in [0, 0.05) is 12.6 Å². The van der Waals surface area contributed by atoms with Gasteiger partial charge >= 0.3 is 0 Å². The van der Waals surface area contributed by atoms with Crippen LogP contribution in [0.5, 0.6) is 0 Å². The van der Waals surface area contributed by atoms with Gasteiger partial charge in [-0.3, -0.25) is 9.59 Å². The van der Waals surface area contributed by atoms with E-state index in [1.165, 1.54) is 0 Å². The molecule has 0 aliphatic rings.